The SMILES string of the molecule is CCOC(=O)N1C=C(C(=O)O)C=C2C=CC=N[C@@H]21. The molecule has 18 heavy (non-hydrogen) atoms. The standard InChI is InChI=1S/C12H12N2O4/c1-2-18-12(17)14-7-9(11(15)16)6-8-4-3-5-13-10(8)14/h3-7,10H,2H2,1H3,(H,15,16)/t10-/m1/s1. The van der Waals surface area contributed by atoms with E-state index in [1.54, 1.807) is 25.3 Å². The predicted molar refractivity (Wildman–Crippen MR) is 64.1 cm³/mol. The summed E-state index contributed by atoms with van der Waals surface area (Å²) >= 11 is 0. The Morgan fingerprint density at radius 3 is 3.00 bits per heavy atom. The lowest BCUT2D eigenvalue weighted by atomic mass is 10.0. The first-order valence-corrected chi connectivity index (χ1v) is 5.45. The summed E-state index contributed by atoms with van der Waals surface area (Å²) in [7, 11) is 0. The van der Waals surface area contributed by atoms with Gasteiger partial charge in [-0.2, -0.15) is 0 Å². The van der Waals surface area contributed by atoms with Crippen molar-refractivity contribution in [3.63, 3.8) is 0 Å². The Morgan fingerprint density at radius 1 is 1.56 bits per heavy atom. The molecule has 0 fully saturated rings. The number of fused-ring (bicyclic) bond motifs is 1. The largest absolute Gasteiger partial charge is 0.478 e. The number of carboxylic acid groups (broad SMARTS) is 1. The Kier molecular flexibility index (Phi) is 3.27. The average molecular weight is 248 g/mol. The number of carboxylic acids is 1. The molecule has 0 bridgehead atoms. The molecule has 1 atom stereocenters. The van der Waals surface area contributed by atoms with Crippen LogP contribution in [0.15, 0.2) is 40.6 Å². The third-order valence-electron chi connectivity index (χ3n) is 2.49. The molecular weight excluding hydrogens is 236 g/mol. The number of amides is 1. The molecule has 2 rings (SSSR count). The summed E-state index contributed by atoms with van der Waals surface area (Å²) in [6.07, 6.45) is 6.56. The van der Waals surface area contributed by atoms with E-state index in [0.29, 0.717) is 5.57 Å². The molecule has 0 radical (unpaired) electrons. The van der Waals surface area contributed by atoms with Gasteiger partial charge in [0.05, 0.1) is 12.2 Å². The molecule has 2 aliphatic heterocycles. The lowest BCUT2D eigenvalue weighted by Gasteiger charge is -2.30. The lowest BCUT2D eigenvalue weighted by molar-refractivity contribution is -0.132. The van der Waals surface area contributed by atoms with Gasteiger partial charge in [0.2, 0.25) is 0 Å². The molecule has 0 spiro atoms. The number of hydrogen-bond acceptors (Lipinski definition) is 4. The number of carbonyl (C=O) groups excluding carboxylic acids is 1. The molecule has 0 saturated carbocycles. The number of ether oxygens (including phenoxy) is 1. The summed E-state index contributed by atoms with van der Waals surface area (Å²) in [6.45, 7) is 1.90. The summed E-state index contributed by atoms with van der Waals surface area (Å²) in [6, 6.07) is 0. The molecule has 0 saturated heterocycles. The Bertz CT molecular complexity index is 502. The Balaban J connectivity index is 2.35. The van der Waals surface area contributed by atoms with Crippen LogP contribution < -0.4 is 0 Å². The average Bonchev–Trinajstić information content (AvgIpc) is 2.37. The highest BCUT2D eigenvalue weighted by Gasteiger charge is 2.30. The molecule has 2 aliphatic rings. The van der Waals surface area contributed by atoms with Crippen molar-refractivity contribution in [3.05, 3.63) is 35.6 Å². The maximum Gasteiger partial charge on any atom is 0.415 e. The fraction of sp³-hybridized carbons (Fsp3) is 0.250. The number of nitrogens with zero attached hydrogens (tertiary/aromatic N) is 2. The van der Waals surface area contributed by atoms with E-state index in [1.807, 2.05) is 0 Å². The number of allylic oxidation sites excluding steroid dienone is 1. The van der Waals surface area contributed by atoms with Crippen LogP contribution in [-0.4, -0.2) is 41.1 Å². The molecule has 2 heterocycles. The van der Waals surface area contributed by atoms with Crippen molar-refractivity contribution in [2.45, 2.75) is 13.1 Å². The third kappa shape index (κ3) is 2.17. The second-order valence-corrected chi connectivity index (χ2v) is 3.67. The van der Waals surface area contributed by atoms with E-state index in [4.69, 9.17) is 9.84 Å². The van der Waals surface area contributed by atoms with Crippen molar-refractivity contribution in [2.24, 2.45) is 4.99 Å². The molecule has 0 aromatic carbocycles. The summed E-state index contributed by atoms with van der Waals surface area (Å²) < 4.78 is 4.88. The van der Waals surface area contributed by atoms with E-state index in [9.17, 15) is 9.59 Å². The third-order valence-corrected chi connectivity index (χ3v) is 2.49. The minimum atomic E-state index is -1.10. The molecule has 1 amide bonds. The van der Waals surface area contributed by atoms with Crippen LogP contribution >= 0.6 is 0 Å². The van der Waals surface area contributed by atoms with E-state index in [0.717, 1.165) is 0 Å². The van der Waals surface area contributed by atoms with Crippen molar-refractivity contribution in [3.8, 4) is 0 Å². The lowest BCUT2D eigenvalue weighted by Crippen LogP contribution is -2.39. The van der Waals surface area contributed by atoms with Crippen LogP contribution in [0.5, 0.6) is 0 Å². The number of dihydropyridines is 1. The molecular formula is C12H12N2O4. The van der Waals surface area contributed by atoms with Gasteiger partial charge in [0.15, 0.2) is 6.17 Å². The van der Waals surface area contributed by atoms with Crippen molar-refractivity contribution >= 4 is 18.3 Å². The minimum absolute atomic E-state index is 0.0241. The van der Waals surface area contributed by atoms with E-state index in [-0.39, 0.29) is 12.2 Å². The summed E-state index contributed by atoms with van der Waals surface area (Å²) in [5, 5.41) is 9.00. The Hall–Kier alpha value is -2.37. The van der Waals surface area contributed by atoms with Gasteiger partial charge in [-0.1, -0.05) is 6.08 Å². The molecule has 0 aromatic rings. The fourth-order valence-electron chi connectivity index (χ4n) is 1.72. The first-order chi connectivity index (χ1) is 8.63. The second kappa shape index (κ2) is 4.87. The molecule has 6 nitrogen and oxygen atoms in total. The first kappa shape index (κ1) is 12.1. The Morgan fingerprint density at radius 2 is 2.33 bits per heavy atom. The fourth-order valence-corrected chi connectivity index (χ4v) is 1.72. The van der Waals surface area contributed by atoms with E-state index in [1.165, 1.54) is 17.2 Å². The first-order valence-electron chi connectivity index (χ1n) is 5.45. The topological polar surface area (TPSA) is 79.2 Å². The van der Waals surface area contributed by atoms with Crippen molar-refractivity contribution in [1.82, 2.24) is 4.90 Å². The molecule has 94 valence electrons. The summed E-state index contributed by atoms with van der Waals surface area (Å²) in [5.41, 5.74) is 0.668. The van der Waals surface area contributed by atoms with Gasteiger partial charge in [-0.3, -0.25) is 9.89 Å². The number of hydrogen-bond donors (Lipinski definition) is 1. The predicted octanol–water partition coefficient (Wildman–Crippen LogP) is 1.32. The number of aliphatic imine (C=N–C) groups is 1. The summed E-state index contributed by atoms with van der Waals surface area (Å²) in [4.78, 5) is 28.1. The smallest absolute Gasteiger partial charge is 0.415 e. The Labute approximate surface area is 104 Å². The van der Waals surface area contributed by atoms with Crippen molar-refractivity contribution < 1.29 is 19.4 Å². The van der Waals surface area contributed by atoms with Crippen molar-refractivity contribution in [2.75, 3.05) is 6.61 Å². The number of aliphatic carboxylic acids is 1. The summed E-state index contributed by atoms with van der Waals surface area (Å²) in [5.74, 6) is -1.10. The molecule has 0 aromatic heterocycles. The van der Waals surface area contributed by atoms with Crippen LogP contribution in [0.1, 0.15) is 6.92 Å². The van der Waals surface area contributed by atoms with Crippen LogP contribution in [-0.2, 0) is 9.53 Å². The highest BCUT2D eigenvalue weighted by Crippen LogP contribution is 2.25. The molecule has 6 heteroatoms. The monoisotopic (exact) mass is 248 g/mol. The van der Waals surface area contributed by atoms with Crippen LogP contribution in [0.25, 0.3) is 0 Å². The second-order valence-electron chi connectivity index (χ2n) is 3.67. The maximum absolute atomic E-state index is 11.8. The van der Waals surface area contributed by atoms with E-state index < -0.39 is 18.2 Å². The number of carbonyl (C=O) groups is 2. The molecule has 1 N–H and O–H groups in total. The van der Waals surface area contributed by atoms with Gasteiger partial charge in [-0.15, -0.1) is 0 Å². The zero-order valence-corrected chi connectivity index (χ0v) is 9.74. The number of rotatable bonds is 2. The van der Waals surface area contributed by atoms with Crippen LogP contribution in [0, 0.1) is 0 Å². The maximum atomic E-state index is 11.8. The zero-order valence-electron chi connectivity index (χ0n) is 9.74. The van der Waals surface area contributed by atoms with Gasteiger partial charge in [0, 0.05) is 12.4 Å². The van der Waals surface area contributed by atoms with Gasteiger partial charge in [-0.25, -0.2) is 9.59 Å². The van der Waals surface area contributed by atoms with Gasteiger partial charge in [-0.05, 0) is 24.6 Å². The normalized spacial score (nSPS) is 20.9. The van der Waals surface area contributed by atoms with Crippen LogP contribution in [0.4, 0.5) is 4.79 Å². The quantitative estimate of drug-likeness (QED) is 0.799. The van der Waals surface area contributed by atoms with E-state index >= 15 is 0 Å². The van der Waals surface area contributed by atoms with Crippen LogP contribution in [0.3, 0.4) is 0 Å². The zero-order chi connectivity index (χ0) is 13.1. The van der Waals surface area contributed by atoms with Crippen molar-refractivity contribution in [1.29, 1.82) is 0 Å². The van der Waals surface area contributed by atoms with E-state index in [2.05, 4.69) is 4.99 Å². The van der Waals surface area contributed by atoms with Gasteiger partial charge >= 0.3 is 12.1 Å². The van der Waals surface area contributed by atoms with Gasteiger partial charge < -0.3 is 9.84 Å². The molecule has 0 unspecified atom stereocenters. The van der Waals surface area contributed by atoms with Gasteiger partial charge in [0.1, 0.15) is 0 Å². The highest BCUT2D eigenvalue weighted by atomic mass is 16.6. The highest BCUT2D eigenvalue weighted by molar-refractivity contribution is 5.92. The minimum Gasteiger partial charge on any atom is -0.478 e. The van der Waals surface area contributed by atoms with Crippen LogP contribution in [0.2, 0.25) is 0 Å². The van der Waals surface area contributed by atoms with Gasteiger partial charge in [0.25, 0.3) is 0 Å². The molecule has 0 aliphatic carbocycles.